The largest absolute Gasteiger partial charge is 0.508 e. The molecule has 3 aromatic rings. The van der Waals surface area contributed by atoms with Gasteiger partial charge in [0.15, 0.2) is 0 Å². The molecule has 32 heavy (non-hydrogen) atoms. The molecule has 3 N–H and O–H groups in total. The van der Waals surface area contributed by atoms with Gasteiger partial charge in [-0.1, -0.05) is 28.1 Å². The topological polar surface area (TPSA) is 94.7 Å². The number of rotatable bonds is 3. The van der Waals surface area contributed by atoms with Crippen molar-refractivity contribution in [1.82, 2.24) is 15.2 Å². The second kappa shape index (κ2) is 8.50. The molecule has 168 valence electrons. The minimum absolute atomic E-state index is 0.132. The van der Waals surface area contributed by atoms with Crippen molar-refractivity contribution >= 4 is 38.8 Å². The van der Waals surface area contributed by atoms with Gasteiger partial charge in [0.1, 0.15) is 17.9 Å². The van der Waals surface area contributed by atoms with Crippen LogP contribution < -0.4 is 5.32 Å². The summed E-state index contributed by atoms with van der Waals surface area (Å²) in [7, 11) is 0. The number of hydrogen-bond donors (Lipinski definition) is 3. The van der Waals surface area contributed by atoms with E-state index in [2.05, 4.69) is 32.3 Å². The normalized spacial score (nSPS) is 16.0. The molecular weight excluding hydrogens is 474 g/mol. The predicted octanol–water partition coefficient (Wildman–Crippen LogP) is 4.63. The number of phenolic OH excluding ortho intramolecular Hbond substituents is 1. The molecule has 0 bridgehead atoms. The molecule has 1 unspecified atom stereocenters. The Labute approximate surface area is 194 Å². The smallest absolute Gasteiger partial charge is 0.408 e. The van der Waals surface area contributed by atoms with E-state index >= 15 is 0 Å². The number of H-pyrrole nitrogens is 1. The number of ether oxygens (including phenoxy) is 1. The van der Waals surface area contributed by atoms with Gasteiger partial charge in [-0.2, -0.15) is 0 Å². The summed E-state index contributed by atoms with van der Waals surface area (Å²) in [5, 5.41) is 13.8. The average Bonchev–Trinajstić information content (AvgIpc) is 3.08. The van der Waals surface area contributed by atoms with E-state index in [0.29, 0.717) is 13.0 Å². The van der Waals surface area contributed by atoms with E-state index in [1.807, 2.05) is 18.2 Å². The molecule has 2 heterocycles. The third-order valence-corrected chi connectivity index (χ3v) is 5.87. The van der Waals surface area contributed by atoms with E-state index < -0.39 is 17.7 Å². The number of nitrogens with one attached hydrogen (secondary N) is 2. The van der Waals surface area contributed by atoms with Crippen LogP contribution in [-0.4, -0.2) is 45.7 Å². The molecular formula is C24H26BrN3O4. The third kappa shape index (κ3) is 4.60. The molecule has 0 spiro atoms. The van der Waals surface area contributed by atoms with Crippen LogP contribution in [0.2, 0.25) is 0 Å². The summed E-state index contributed by atoms with van der Waals surface area (Å²) in [6.07, 6.45) is 0.0483. The zero-order valence-electron chi connectivity index (χ0n) is 18.2. The van der Waals surface area contributed by atoms with Crippen molar-refractivity contribution in [1.29, 1.82) is 0 Å². The van der Waals surface area contributed by atoms with Gasteiger partial charge in [-0.05, 0) is 68.7 Å². The van der Waals surface area contributed by atoms with Crippen LogP contribution in [0.5, 0.6) is 5.75 Å². The maximum atomic E-state index is 13.2. The van der Waals surface area contributed by atoms with Gasteiger partial charge in [-0.25, -0.2) is 4.79 Å². The second-order valence-electron chi connectivity index (χ2n) is 8.90. The fraction of sp³-hybridized carbons (Fsp3) is 0.333. The molecule has 8 heteroatoms. The first-order valence-electron chi connectivity index (χ1n) is 10.5. The van der Waals surface area contributed by atoms with Crippen LogP contribution in [0.3, 0.4) is 0 Å². The lowest BCUT2D eigenvalue weighted by atomic mass is 9.92. The Bertz CT molecular complexity index is 1180. The van der Waals surface area contributed by atoms with Crippen LogP contribution in [0.1, 0.15) is 43.6 Å². The molecule has 7 nitrogen and oxygen atoms in total. The number of hydrogen-bond acceptors (Lipinski definition) is 4. The van der Waals surface area contributed by atoms with Crippen molar-refractivity contribution in [3.05, 3.63) is 63.8 Å². The van der Waals surface area contributed by atoms with E-state index in [-0.39, 0.29) is 18.2 Å². The number of alkyl carbamates (subject to hydrolysis) is 1. The summed E-state index contributed by atoms with van der Waals surface area (Å²) < 4.78 is 6.23. The number of nitrogens with zero attached hydrogens (tertiary/aromatic N) is 1. The number of carbonyl (C=O) groups is 2. The zero-order valence-corrected chi connectivity index (χ0v) is 19.8. The number of aromatic nitrogens is 1. The zero-order chi connectivity index (χ0) is 23.0. The van der Waals surface area contributed by atoms with Crippen LogP contribution in [-0.2, 0) is 16.0 Å². The summed E-state index contributed by atoms with van der Waals surface area (Å²) in [6.45, 7) is 5.62. The standard InChI is InChI=1S/C24H26BrN3O4/c1-24(2,3)32-23(31)26-13-20(30)28-10-9-17-18-12-15(25)7-8-19(18)27-21(17)22(28)14-5-4-6-16(29)11-14/h4-8,11-12,22,27,29H,9-10,13H2,1-3H3,(H,26,31). The molecule has 4 rings (SSSR count). The number of aromatic amines is 1. The Kier molecular flexibility index (Phi) is 5.90. The molecule has 2 aromatic carbocycles. The predicted molar refractivity (Wildman–Crippen MR) is 126 cm³/mol. The minimum atomic E-state index is -0.643. The number of halogens is 1. The average molecular weight is 500 g/mol. The molecule has 1 aliphatic heterocycles. The van der Waals surface area contributed by atoms with Gasteiger partial charge < -0.3 is 25.0 Å². The van der Waals surface area contributed by atoms with Crippen LogP contribution >= 0.6 is 15.9 Å². The quantitative estimate of drug-likeness (QED) is 0.489. The molecule has 1 atom stereocenters. The van der Waals surface area contributed by atoms with Crippen LogP contribution in [0.15, 0.2) is 46.9 Å². The maximum Gasteiger partial charge on any atom is 0.408 e. The lowest BCUT2D eigenvalue weighted by molar-refractivity contribution is -0.132. The van der Waals surface area contributed by atoms with Crippen molar-refractivity contribution in [3.8, 4) is 5.75 Å². The minimum Gasteiger partial charge on any atom is -0.508 e. The first-order chi connectivity index (χ1) is 15.1. The Balaban J connectivity index is 1.67. The first-order valence-corrected chi connectivity index (χ1v) is 11.3. The number of fused-ring (bicyclic) bond motifs is 3. The van der Waals surface area contributed by atoms with Crippen molar-refractivity contribution in [2.75, 3.05) is 13.1 Å². The highest BCUT2D eigenvalue weighted by molar-refractivity contribution is 9.10. The molecule has 0 saturated heterocycles. The highest BCUT2D eigenvalue weighted by Crippen LogP contribution is 2.39. The number of aromatic hydroxyl groups is 1. The van der Waals surface area contributed by atoms with Crippen LogP contribution in [0.25, 0.3) is 10.9 Å². The molecule has 0 fully saturated rings. The van der Waals surface area contributed by atoms with Crippen molar-refractivity contribution in [3.63, 3.8) is 0 Å². The van der Waals surface area contributed by atoms with Gasteiger partial charge in [-0.3, -0.25) is 4.79 Å². The van der Waals surface area contributed by atoms with E-state index in [9.17, 15) is 14.7 Å². The van der Waals surface area contributed by atoms with Gasteiger partial charge >= 0.3 is 6.09 Å². The highest BCUT2D eigenvalue weighted by Gasteiger charge is 2.35. The number of phenols is 1. The summed E-state index contributed by atoms with van der Waals surface area (Å²) in [5.41, 5.74) is 3.21. The first kappa shape index (κ1) is 22.2. The molecule has 0 radical (unpaired) electrons. The molecule has 1 aromatic heterocycles. The fourth-order valence-electron chi connectivity index (χ4n) is 4.13. The van der Waals surface area contributed by atoms with Crippen molar-refractivity contribution in [2.45, 2.75) is 38.8 Å². The summed E-state index contributed by atoms with van der Waals surface area (Å²) in [4.78, 5) is 30.4. The summed E-state index contributed by atoms with van der Waals surface area (Å²) in [5.74, 6) is -0.0950. The summed E-state index contributed by atoms with van der Waals surface area (Å²) in [6, 6.07) is 12.6. The molecule has 1 aliphatic rings. The van der Waals surface area contributed by atoms with Crippen molar-refractivity contribution in [2.24, 2.45) is 0 Å². The fourth-order valence-corrected chi connectivity index (χ4v) is 4.50. The monoisotopic (exact) mass is 499 g/mol. The molecule has 2 amide bonds. The number of carbonyl (C=O) groups excluding carboxylic acids is 2. The van der Waals surface area contributed by atoms with Gasteiger partial charge in [-0.15, -0.1) is 0 Å². The lowest BCUT2D eigenvalue weighted by Gasteiger charge is -2.36. The van der Waals surface area contributed by atoms with Crippen molar-refractivity contribution < 1.29 is 19.4 Å². The van der Waals surface area contributed by atoms with Gasteiger partial charge in [0, 0.05) is 27.6 Å². The van der Waals surface area contributed by atoms with Gasteiger partial charge in [0.25, 0.3) is 0 Å². The lowest BCUT2D eigenvalue weighted by Crippen LogP contribution is -2.46. The van der Waals surface area contributed by atoms with Gasteiger partial charge in [0.2, 0.25) is 5.91 Å². The number of amides is 2. The SMILES string of the molecule is CC(C)(C)OC(=O)NCC(=O)N1CCc2c([nH]c3ccc(Br)cc23)C1c1cccc(O)c1. The maximum absolute atomic E-state index is 13.2. The Hall–Kier alpha value is -3.00. The highest BCUT2D eigenvalue weighted by atomic mass is 79.9. The Morgan fingerprint density at radius 1 is 1.25 bits per heavy atom. The number of benzene rings is 2. The molecule has 0 saturated carbocycles. The third-order valence-electron chi connectivity index (χ3n) is 5.38. The van der Waals surface area contributed by atoms with E-state index in [4.69, 9.17) is 4.74 Å². The summed E-state index contributed by atoms with van der Waals surface area (Å²) >= 11 is 3.54. The van der Waals surface area contributed by atoms with Crippen LogP contribution in [0.4, 0.5) is 4.79 Å². The Morgan fingerprint density at radius 2 is 2.03 bits per heavy atom. The van der Waals surface area contributed by atoms with E-state index in [0.717, 1.165) is 32.2 Å². The second-order valence-corrected chi connectivity index (χ2v) is 9.81. The van der Waals surface area contributed by atoms with E-state index in [1.165, 1.54) is 0 Å². The van der Waals surface area contributed by atoms with Crippen LogP contribution in [0, 0.1) is 0 Å². The molecule has 0 aliphatic carbocycles. The Morgan fingerprint density at radius 3 is 2.75 bits per heavy atom. The van der Waals surface area contributed by atoms with Gasteiger partial charge in [0.05, 0.1) is 6.04 Å². The van der Waals surface area contributed by atoms with E-state index in [1.54, 1.807) is 43.9 Å².